The first-order valence-electron chi connectivity index (χ1n) is 8.15. The number of aryl methyl sites for hydroxylation is 1. The van der Waals surface area contributed by atoms with Crippen molar-refractivity contribution in [3.63, 3.8) is 0 Å². The van der Waals surface area contributed by atoms with Crippen molar-refractivity contribution >= 4 is 23.3 Å². The van der Waals surface area contributed by atoms with E-state index < -0.39 is 6.04 Å². The molecule has 136 valence electrons. The average Bonchev–Trinajstić information content (AvgIpc) is 3.16. The Morgan fingerprint density at radius 3 is 2.65 bits per heavy atom. The SMILES string of the molecule is Cc1nn(C(C)C(=O)Nc2ccn(Cc3ccccc3F)n2)c(C)c1Cl. The molecule has 1 amide bonds. The third-order valence-electron chi connectivity index (χ3n) is 4.17. The third kappa shape index (κ3) is 3.62. The summed E-state index contributed by atoms with van der Waals surface area (Å²) in [5.41, 5.74) is 1.94. The van der Waals surface area contributed by atoms with E-state index in [-0.39, 0.29) is 18.3 Å². The van der Waals surface area contributed by atoms with Crippen molar-refractivity contribution in [1.82, 2.24) is 19.6 Å². The smallest absolute Gasteiger partial charge is 0.250 e. The maximum absolute atomic E-state index is 13.7. The van der Waals surface area contributed by atoms with Crippen molar-refractivity contribution in [3.8, 4) is 0 Å². The van der Waals surface area contributed by atoms with E-state index in [0.29, 0.717) is 22.1 Å². The highest BCUT2D eigenvalue weighted by Gasteiger charge is 2.21. The van der Waals surface area contributed by atoms with Crippen LogP contribution in [-0.4, -0.2) is 25.5 Å². The molecular weight excluding hydrogens is 357 g/mol. The summed E-state index contributed by atoms with van der Waals surface area (Å²) in [5, 5.41) is 11.9. The molecule has 1 N–H and O–H groups in total. The molecule has 0 spiro atoms. The minimum Gasteiger partial charge on any atom is -0.307 e. The maximum Gasteiger partial charge on any atom is 0.250 e. The molecule has 0 aliphatic heterocycles. The summed E-state index contributed by atoms with van der Waals surface area (Å²) in [5.74, 6) is -0.155. The quantitative estimate of drug-likeness (QED) is 0.738. The van der Waals surface area contributed by atoms with Crippen molar-refractivity contribution < 1.29 is 9.18 Å². The number of anilines is 1. The number of rotatable bonds is 5. The number of nitrogens with one attached hydrogen (secondary N) is 1. The molecule has 3 aromatic rings. The molecule has 0 aliphatic rings. The Hall–Kier alpha value is -2.67. The van der Waals surface area contributed by atoms with Gasteiger partial charge in [0, 0.05) is 17.8 Å². The van der Waals surface area contributed by atoms with Gasteiger partial charge in [-0.1, -0.05) is 29.8 Å². The minimum absolute atomic E-state index is 0.261. The molecular formula is C18H19ClFN5O. The van der Waals surface area contributed by atoms with E-state index in [1.807, 2.05) is 6.92 Å². The van der Waals surface area contributed by atoms with Gasteiger partial charge in [0.2, 0.25) is 5.91 Å². The average molecular weight is 376 g/mol. The monoisotopic (exact) mass is 375 g/mol. The Labute approximate surface area is 155 Å². The second kappa shape index (κ2) is 7.29. The van der Waals surface area contributed by atoms with E-state index in [1.54, 1.807) is 53.7 Å². The molecule has 0 aliphatic carbocycles. The molecule has 2 heterocycles. The van der Waals surface area contributed by atoms with Crippen LogP contribution >= 0.6 is 11.6 Å². The number of nitrogens with zero attached hydrogens (tertiary/aromatic N) is 4. The van der Waals surface area contributed by atoms with Crippen LogP contribution in [-0.2, 0) is 11.3 Å². The zero-order valence-electron chi connectivity index (χ0n) is 14.7. The molecule has 0 fully saturated rings. The number of hydrogen-bond acceptors (Lipinski definition) is 3. The topological polar surface area (TPSA) is 64.7 Å². The van der Waals surface area contributed by atoms with Crippen LogP contribution in [0.5, 0.6) is 0 Å². The lowest BCUT2D eigenvalue weighted by Crippen LogP contribution is -2.25. The van der Waals surface area contributed by atoms with Gasteiger partial charge < -0.3 is 5.32 Å². The summed E-state index contributed by atoms with van der Waals surface area (Å²) in [6.07, 6.45) is 1.69. The lowest BCUT2D eigenvalue weighted by atomic mass is 10.2. The largest absolute Gasteiger partial charge is 0.307 e. The number of aromatic nitrogens is 4. The summed E-state index contributed by atoms with van der Waals surface area (Å²) < 4.78 is 16.9. The second-order valence-corrected chi connectivity index (χ2v) is 6.46. The van der Waals surface area contributed by atoms with Crippen molar-refractivity contribution in [2.75, 3.05) is 5.32 Å². The van der Waals surface area contributed by atoms with Gasteiger partial charge in [-0.05, 0) is 26.8 Å². The first-order valence-corrected chi connectivity index (χ1v) is 8.53. The van der Waals surface area contributed by atoms with Crippen LogP contribution in [0.4, 0.5) is 10.2 Å². The van der Waals surface area contributed by atoms with E-state index in [0.717, 1.165) is 5.69 Å². The molecule has 1 atom stereocenters. The highest BCUT2D eigenvalue weighted by Crippen LogP contribution is 2.22. The standard InChI is InChI=1S/C18H19ClFN5O/c1-11-17(19)12(2)25(22-11)13(3)18(26)21-16-8-9-24(23-16)10-14-6-4-5-7-15(14)20/h4-9,13H,10H2,1-3H3,(H,21,23,26). The fourth-order valence-corrected chi connectivity index (χ4v) is 2.80. The van der Waals surface area contributed by atoms with Crippen molar-refractivity contribution in [1.29, 1.82) is 0 Å². The van der Waals surface area contributed by atoms with Gasteiger partial charge in [-0.25, -0.2) is 4.39 Å². The summed E-state index contributed by atoms with van der Waals surface area (Å²) in [6, 6.07) is 7.64. The summed E-state index contributed by atoms with van der Waals surface area (Å²) in [7, 11) is 0. The minimum atomic E-state index is -0.544. The molecule has 0 saturated carbocycles. The second-order valence-electron chi connectivity index (χ2n) is 6.08. The van der Waals surface area contributed by atoms with E-state index in [1.165, 1.54) is 6.07 Å². The number of halogens is 2. The third-order valence-corrected chi connectivity index (χ3v) is 4.71. The van der Waals surface area contributed by atoms with Gasteiger partial charge >= 0.3 is 0 Å². The Kier molecular flexibility index (Phi) is 5.08. The van der Waals surface area contributed by atoms with Crippen LogP contribution < -0.4 is 5.32 Å². The van der Waals surface area contributed by atoms with Crippen LogP contribution in [0.1, 0.15) is 29.9 Å². The van der Waals surface area contributed by atoms with E-state index >= 15 is 0 Å². The summed E-state index contributed by atoms with van der Waals surface area (Å²) in [4.78, 5) is 12.5. The molecule has 1 unspecified atom stereocenters. The Morgan fingerprint density at radius 1 is 1.27 bits per heavy atom. The molecule has 26 heavy (non-hydrogen) atoms. The first-order chi connectivity index (χ1) is 12.4. The fraction of sp³-hybridized carbons (Fsp3) is 0.278. The number of benzene rings is 1. The number of carbonyl (C=O) groups is 1. The molecule has 3 rings (SSSR count). The molecule has 0 saturated heterocycles. The maximum atomic E-state index is 13.7. The van der Waals surface area contributed by atoms with Crippen LogP contribution in [0.2, 0.25) is 5.02 Å². The van der Waals surface area contributed by atoms with Gasteiger partial charge in [0.25, 0.3) is 0 Å². The Bertz CT molecular complexity index is 949. The van der Waals surface area contributed by atoms with Gasteiger partial charge in [-0.2, -0.15) is 10.2 Å². The number of amides is 1. The van der Waals surface area contributed by atoms with Gasteiger partial charge in [0.05, 0.1) is 23.0 Å². The molecule has 6 nitrogen and oxygen atoms in total. The molecule has 0 radical (unpaired) electrons. The van der Waals surface area contributed by atoms with E-state index in [9.17, 15) is 9.18 Å². The van der Waals surface area contributed by atoms with Gasteiger partial charge in [0.15, 0.2) is 5.82 Å². The first kappa shape index (κ1) is 18.1. The van der Waals surface area contributed by atoms with Gasteiger partial charge in [-0.15, -0.1) is 0 Å². The van der Waals surface area contributed by atoms with Crippen molar-refractivity contribution in [2.24, 2.45) is 0 Å². The van der Waals surface area contributed by atoms with Crippen molar-refractivity contribution in [2.45, 2.75) is 33.4 Å². The van der Waals surface area contributed by atoms with Gasteiger partial charge in [-0.3, -0.25) is 14.2 Å². The van der Waals surface area contributed by atoms with Crippen LogP contribution in [0.3, 0.4) is 0 Å². The molecule has 1 aromatic carbocycles. The Balaban J connectivity index is 1.69. The zero-order chi connectivity index (χ0) is 18.8. The predicted octanol–water partition coefficient (Wildman–Crippen LogP) is 3.74. The van der Waals surface area contributed by atoms with Gasteiger partial charge in [0.1, 0.15) is 11.9 Å². The van der Waals surface area contributed by atoms with E-state index in [2.05, 4.69) is 15.5 Å². The Morgan fingerprint density at radius 2 is 2.00 bits per heavy atom. The van der Waals surface area contributed by atoms with Crippen LogP contribution in [0.25, 0.3) is 0 Å². The fourth-order valence-electron chi connectivity index (χ4n) is 2.68. The van der Waals surface area contributed by atoms with E-state index in [4.69, 9.17) is 11.6 Å². The van der Waals surface area contributed by atoms with Crippen molar-refractivity contribution in [3.05, 3.63) is 64.3 Å². The highest BCUT2D eigenvalue weighted by atomic mass is 35.5. The normalized spacial score (nSPS) is 12.2. The van der Waals surface area contributed by atoms with Crippen LogP contribution in [0.15, 0.2) is 36.5 Å². The highest BCUT2D eigenvalue weighted by molar-refractivity contribution is 6.31. The summed E-state index contributed by atoms with van der Waals surface area (Å²) >= 11 is 6.14. The lowest BCUT2D eigenvalue weighted by Gasteiger charge is -2.13. The number of carbonyl (C=O) groups excluding carboxylic acids is 1. The molecule has 2 aromatic heterocycles. The van der Waals surface area contributed by atoms with Crippen LogP contribution in [0, 0.1) is 19.7 Å². The molecule has 0 bridgehead atoms. The molecule has 8 heteroatoms. The zero-order valence-corrected chi connectivity index (χ0v) is 15.5. The number of hydrogen-bond donors (Lipinski definition) is 1. The summed E-state index contributed by atoms with van der Waals surface area (Å²) in [6.45, 7) is 5.63. The lowest BCUT2D eigenvalue weighted by molar-refractivity contribution is -0.119. The predicted molar refractivity (Wildman–Crippen MR) is 97.8 cm³/mol.